The van der Waals surface area contributed by atoms with Crippen molar-refractivity contribution < 1.29 is 4.74 Å². The van der Waals surface area contributed by atoms with Crippen LogP contribution < -0.4 is 10.5 Å². The number of hydrogen-bond acceptors (Lipinski definition) is 4. The van der Waals surface area contributed by atoms with E-state index >= 15 is 0 Å². The van der Waals surface area contributed by atoms with Crippen molar-refractivity contribution in [1.82, 2.24) is 15.0 Å². The van der Waals surface area contributed by atoms with Crippen molar-refractivity contribution in [3.8, 4) is 5.75 Å². The molecule has 0 aliphatic carbocycles. The smallest absolute Gasteiger partial charge is 0.132 e. The van der Waals surface area contributed by atoms with Crippen LogP contribution in [0, 0.1) is 0 Å². The Hall–Kier alpha value is -2.14. The second kappa shape index (κ2) is 7.04. The van der Waals surface area contributed by atoms with Gasteiger partial charge in [0.1, 0.15) is 23.7 Å². The van der Waals surface area contributed by atoms with E-state index < -0.39 is 0 Å². The first-order chi connectivity index (χ1) is 10.1. The van der Waals surface area contributed by atoms with Crippen LogP contribution >= 0.6 is 0 Å². The lowest BCUT2D eigenvalue weighted by molar-refractivity contribution is 0.291. The van der Waals surface area contributed by atoms with Crippen LogP contribution in [0.25, 0.3) is 0 Å². The highest BCUT2D eigenvalue weighted by Gasteiger charge is 2.12. The van der Waals surface area contributed by atoms with Crippen LogP contribution in [-0.2, 0) is 26.1 Å². The van der Waals surface area contributed by atoms with Crippen LogP contribution in [0.4, 0.5) is 0 Å². The number of rotatable bonds is 7. The van der Waals surface area contributed by atoms with Crippen LogP contribution in [0.1, 0.15) is 30.8 Å². The van der Waals surface area contributed by atoms with Crippen LogP contribution in [0.15, 0.2) is 36.4 Å². The van der Waals surface area contributed by atoms with Gasteiger partial charge in [-0.25, -0.2) is 4.68 Å². The van der Waals surface area contributed by atoms with Gasteiger partial charge >= 0.3 is 0 Å². The molecule has 0 saturated heterocycles. The molecular weight excluding hydrogens is 264 g/mol. The van der Waals surface area contributed by atoms with Gasteiger partial charge in [0.25, 0.3) is 0 Å². The predicted octanol–water partition coefficient (Wildman–Crippen LogP) is 2.45. The predicted molar refractivity (Wildman–Crippen MR) is 82.9 cm³/mol. The molecule has 1 heterocycles. The maximum Gasteiger partial charge on any atom is 0.132 e. The molecule has 0 amide bonds. The highest BCUT2D eigenvalue weighted by molar-refractivity contribution is 5.28. The fourth-order valence-corrected chi connectivity index (χ4v) is 2.07. The first-order valence-electron chi connectivity index (χ1n) is 7.11. The van der Waals surface area contributed by atoms with Crippen molar-refractivity contribution in [3.05, 3.63) is 53.4 Å². The van der Waals surface area contributed by atoms with E-state index in [0.29, 0.717) is 19.7 Å². The summed E-state index contributed by atoms with van der Waals surface area (Å²) in [7, 11) is 0. The quantitative estimate of drug-likeness (QED) is 0.794. The molecule has 0 saturated carbocycles. The number of nitrogens with two attached hydrogens (primary N) is 1. The minimum Gasteiger partial charge on any atom is -0.487 e. The Kier molecular flexibility index (Phi) is 5.11. The largest absolute Gasteiger partial charge is 0.487 e. The number of nitrogens with zero attached hydrogens (tertiary/aromatic N) is 3. The first-order valence-corrected chi connectivity index (χ1v) is 7.11. The molecule has 21 heavy (non-hydrogen) atoms. The Bertz CT molecular complexity index is 618. The molecule has 0 aliphatic rings. The standard InChI is InChI=1S/C16H22N4O/c1-4-13-6-5-7-14(8-13)21-11-16-15(9-17)18-19-20(16)10-12(2)3/h5-8H,2,4,9-11,17H2,1,3H3. The van der Waals surface area contributed by atoms with Crippen LogP contribution in [0.2, 0.25) is 0 Å². The normalized spacial score (nSPS) is 10.6. The molecule has 0 aliphatic heterocycles. The highest BCUT2D eigenvalue weighted by Crippen LogP contribution is 2.17. The van der Waals surface area contributed by atoms with Gasteiger partial charge in [-0.2, -0.15) is 0 Å². The molecule has 5 nitrogen and oxygen atoms in total. The van der Waals surface area contributed by atoms with Crippen LogP contribution in [-0.4, -0.2) is 15.0 Å². The maximum atomic E-state index is 5.87. The van der Waals surface area contributed by atoms with Gasteiger partial charge in [-0.15, -0.1) is 5.10 Å². The number of hydrogen-bond donors (Lipinski definition) is 1. The average Bonchev–Trinajstić information content (AvgIpc) is 2.86. The minimum atomic E-state index is 0.351. The number of benzene rings is 1. The SMILES string of the molecule is C=C(C)Cn1nnc(CN)c1COc1cccc(CC)c1. The molecule has 1 aromatic heterocycles. The topological polar surface area (TPSA) is 66.0 Å². The third-order valence-corrected chi connectivity index (χ3v) is 3.21. The molecule has 0 radical (unpaired) electrons. The summed E-state index contributed by atoms with van der Waals surface area (Å²) in [4.78, 5) is 0. The van der Waals surface area contributed by atoms with Gasteiger partial charge in [0.05, 0.1) is 6.54 Å². The van der Waals surface area contributed by atoms with Gasteiger partial charge in [-0.1, -0.05) is 36.4 Å². The summed E-state index contributed by atoms with van der Waals surface area (Å²) in [6.07, 6.45) is 0.987. The van der Waals surface area contributed by atoms with Crippen molar-refractivity contribution in [2.24, 2.45) is 5.73 Å². The summed E-state index contributed by atoms with van der Waals surface area (Å²) in [5, 5.41) is 8.22. The molecule has 0 fully saturated rings. The van der Waals surface area contributed by atoms with E-state index in [1.54, 1.807) is 4.68 Å². The lowest BCUT2D eigenvalue weighted by Gasteiger charge is -2.10. The molecule has 2 rings (SSSR count). The first kappa shape index (κ1) is 15.3. The summed E-state index contributed by atoms with van der Waals surface area (Å²) in [6.45, 7) is 9.37. The molecule has 0 unspecified atom stereocenters. The lowest BCUT2D eigenvalue weighted by Crippen LogP contribution is -2.11. The van der Waals surface area contributed by atoms with Gasteiger partial charge in [-0.05, 0) is 31.0 Å². The fourth-order valence-electron chi connectivity index (χ4n) is 2.07. The summed E-state index contributed by atoms with van der Waals surface area (Å²) < 4.78 is 7.67. The zero-order chi connectivity index (χ0) is 15.2. The summed E-state index contributed by atoms with van der Waals surface area (Å²) in [5.74, 6) is 0.848. The van der Waals surface area contributed by atoms with Gasteiger partial charge in [0.2, 0.25) is 0 Å². The van der Waals surface area contributed by atoms with Crippen molar-refractivity contribution >= 4 is 0 Å². The number of allylic oxidation sites excluding steroid dienone is 1. The second-order valence-corrected chi connectivity index (χ2v) is 5.09. The molecule has 5 heteroatoms. The van der Waals surface area contributed by atoms with Crippen molar-refractivity contribution in [2.75, 3.05) is 0 Å². The summed E-state index contributed by atoms with van der Waals surface area (Å²) in [5.41, 5.74) is 9.65. The number of aromatic nitrogens is 3. The third-order valence-electron chi connectivity index (χ3n) is 3.21. The van der Waals surface area contributed by atoms with E-state index in [0.717, 1.165) is 29.1 Å². The Morgan fingerprint density at radius 1 is 1.43 bits per heavy atom. The third kappa shape index (κ3) is 3.92. The van der Waals surface area contributed by atoms with Crippen molar-refractivity contribution in [1.29, 1.82) is 0 Å². The molecule has 112 valence electrons. The molecule has 2 aromatic rings. The van der Waals surface area contributed by atoms with E-state index in [1.807, 2.05) is 19.1 Å². The molecule has 0 bridgehead atoms. The minimum absolute atomic E-state index is 0.351. The molecule has 0 atom stereocenters. The number of aryl methyl sites for hydroxylation is 1. The van der Waals surface area contributed by atoms with E-state index in [4.69, 9.17) is 10.5 Å². The van der Waals surface area contributed by atoms with Crippen molar-refractivity contribution in [2.45, 2.75) is 40.0 Å². The lowest BCUT2D eigenvalue weighted by atomic mass is 10.2. The molecular formula is C16H22N4O. The Labute approximate surface area is 125 Å². The zero-order valence-electron chi connectivity index (χ0n) is 12.7. The summed E-state index contributed by atoms with van der Waals surface area (Å²) >= 11 is 0. The molecule has 1 aromatic carbocycles. The zero-order valence-corrected chi connectivity index (χ0v) is 12.7. The molecule has 0 spiro atoms. The van der Waals surface area contributed by atoms with E-state index in [2.05, 4.69) is 35.9 Å². The van der Waals surface area contributed by atoms with E-state index in [1.165, 1.54) is 5.56 Å². The fraction of sp³-hybridized carbons (Fsp3) is 0.375. The monoisotopic (exact) mass is 286 g/mol. The highest BCUT2D eigenvalue weighted by atomic mass is 16.5. The van der Waals surface area contributed by atoms with Gasteiger partial charge < -0.3 is 10.5 Å². The Morgan fingerprint density at radius 3 is 2.90 bits per heavy atom. The van der Waals surface area contributed by atoms with Gasteiger partial charge in [-0.3, -0.25) is 0 Å². The van der Waals surface area contributed by atoms with E-state index in [-0.39, 0.29) is 0 Å². The maximum absolute atomic E-state index is 5.87. The second-order valence-electron chi connectivity index (χ2n) is 5.09. The average molecular weight is 286 g/mol. The van der Waals surface area contributed by atoms with Crippen LogP contribution in [0.3, 0.4) is 0 Å². The van der Waals surface area contributed by atoms with E-state index in [9.17, 15) is 0 Å². The summed E-state index contributed by atoms with van der Waals surface area (Å²) in [6, 6.07) is 8.09. The van der Waals surface area contributed by atoms with Crippen LogP contribution in [0.5, 0.6) is 5.75 Å². The van der Waals surface area contributed by atoms with Gasteiger partial charge in [0, 0.05) is 6.54 Å². The Balaban J connectivity index is 2.14. The molecule has 2 N–H and O–H groups in total. The van der Waals surface area contributed by atoms with Gasteiger partial charge in [0.15, 0.2) is 0 Å². The Morgan fingerprint density at radius 2 is 2.24 bits per heavy atom. The number of ether oxygens (including phenoxy) is 1. The van der Waals surface area contributed by atoms with Crippen molar-refractivity contribution in [3.63, 3.8) is 0 Å².